The van der Waals surface area contributed by atoms with Crippen LogP contribution >= 0.6 is 0 Å². The summed E-state index contributed by atoms with van der Waals surface area (Å²) in [4.78, 5) is 0. The predicted octanol–water partition coefficient (Wildman–Crippen LogP) is 8.66. The molecule has 34 heavy (non-hydrogen) atoms. The van der Waals surface area contributed by atoms with Crippen molar-refractivity contribution in [2.45, 2.75) is 6.42 Å². The monoisotopic (exact) mass is 431 g/mol. The molecule has 0 N–H and O–H groups in total. The number of rotatable bonds is 1. The molecule has 0 saturated heterocycles. The number of fused-ring (bicyclic) bond motifs is 12. The van der Waals surface area contributed by atoms with Crippen LogP contribution in [-0.4, -0.2) is 4.57 Å². The molecule has 1 aromatic heterocycles. The van der Waals surface area contributed by atoms with Crippen molar-refractivity contribution in [2.75, 3.05) is 0 Å². The minimum Gasteiger partial charge on any atom is -0.309 e. The third-order valence-corrected chi connectivity index (χ3v) is 7.60. The van der Waals surface area contributed by atoms with Gasteiger partial charge in [0.2, 0.25) is 0 Å². The van der Waals surface area contributed by atoms with Crippen LogP contribution in [0.25, 0.3) is 60.2 Å². The topological polar surface area (TPSA) is 4.93 Å². The Morgan fingerprint density at radius 3 is 1.85 bits per heavy atom. The first-order valence-corrected chi connectivity index (χ1v) is 11.9. The standard InChI is InChI=1S/C33H21N/c1-2-10-22(11-3-1)34-29-17-9-8-16-27(29)33-30(34)19-18-21-20-28-25-14-5-4-12-23(25)24-13-6-7-15-26(24)32(28)31(21)33/h1-19H,20H2. The lowest BCUT2D eigenvalue weighted by Crippen LogP contribution is -1.93. The Hall–Kier alpha value is -4.36. The normalized spacial score (nSPS) is 12.6. The average molecular weight is 432 g/mol. The van der Waals surface area contributed by atoms with E-state index in [9.17, 15) is 0 Å². The van der Waals surface area contributed by atoms with Gasteiger partial charge in [-0.3, -0.25) is 0 Å². The molecule has 1 aliphatic carbocycles. The Bertz CT molecular complexity index is 1920. The van der Waals surface area contributed by atoms with Crippen molar-refractivity contribution in [1.29, 1.82) is 0 Å². The van der Waals surface area contributed by atoms with E-state index >= 15 is 0 Å². The highest BCUT2D eigenvalue weighted by Crippen LogP contribution is 2.50. The van der Waals surface area contributed by atoms with Crippen LogP contribution in [0, 0.1) is 0 Å². The Balaban J connectivity index is 1.61. The summed E-state index contributed by atoms with van der Waals surface area (Å²) in [5.41, 5.74) is 9.47. The molecule has 1 nitrogen and oxygen atoms in total. The maximum absolute atomic E-state index is 2.42. The van der Waals surface area contributed by atoms with Crippen LogP contribution in [0.1, 0.15) is 11.1 Å². The van der Waals surface area contributed by atoms with Gasteiger partial charge in [-0.25, -0.2) is 0 Å². The van der Waals surface area contributed by atoms with Gasteiger partial charge in [-0.15, -0.1) is 0 Å². The Morgan fingerprint density at radius 2 is 1.06 bits per heavy atom. The van der Waals surface area contributed by atoms with E-state index in [0.717, 1.165) is 6.42 Å². The van der Waals surface area contributed by atoms with Gasteiger partial charge in [-0.2, -0.15) is 0 Å². The van der Waals surface area contributed by atoms with Gasteiger partial charge in [0.15, 0.2) is 0 Å². The fourth-order valence-corrected chi connectivity index (χ4v) is 6.27. The quantitative estimate of drug-likeness (QED) is 0.229. The van der Waals surface area contributed by atoms with Crippen LogP contribution < -0.4 is 0 Å². The molecule has 0 radical (unpaired) electrons. The van der Waals surface area contributed by atoms with Gasteiger partial charge < -0.3 is 4.57 Å². The smallest absolute Gasteiger partial charge is 0.0547 e. The number of nitrogens with zero attached hydrogens (tertiary/aromatic N) is 1. The Kier molecular flexibility index (Phi) is 3.51. The summed E-state index contributed by atoms with van der Waals surface area (Å²) in [7, 11) is 0. The summed E-state index contributed by atoms with van der Waals surface area (Å²) >= 11 is 0. The van der Waals surface area contributed by atoms with Crippen LogP contribution in [0.2, 0.25) is 0 Å². The first kappa shape index (κ1) is 18.1. The van der Waals surface area contributed by atoms with Gasteiger partial charge in [-0.1, -0.05) is 91.0 Å². The molecule has 0 amide bonds. The summed E-state index contributed by atoms with van der Waals surface area (Å²) in [6, 6.07) is 42.2. The summed E-state index contributed by atoms with van der Waals surface area (Å²) in [5, 5.41) is 8.13. The van der Waals surface area contributed by atoms with E-state index in [4.69, 9.17) is 0 Å². The molecule has 0 spiro atoms. The maximum Gasteiger partial charge on any atom is 0.0547 e. The van der Waals surface area contributed by atoms with E-state index in [1.807, 2.05) is 0 Å². The zero-order valence-electron chi connectivity index (χ0n) is 18.6. The number of hydrogen-bond acceptors (Lipinski definition) is 0. The lowest BCUT2D eigenvalue weighted by molar-refractivity contribution is 1.18. The van der Waals surface area contributed by atoms with Crippen molar-refractivity contribution in [3.8, 4) is 16.8 Å². The molecule has 7 aromatic rings. The highest BCUT2D eigenvalue weighted by atomic mass is 15.0. The van der Waals surface area contributed by atoms with Crippen LogP contribution in [-0.2, 0) is 6.42 Å². The molecule has 0 fully saturated rings. The van der Waals surface area contributed by atoms with E-state index < -0.39 is 0 Å². The SMILES string of the molecule is c1ccc(-n2c3ccccc3c3c4c(ccc32)Cc2c-4c3ccccc3c3ccccc23)cc1. The van der Waals surface area contributed by atoms with Gasteiger partial charge in [0.05, 0.1) is 11.0 Å². The van der Waals surface area contributed by atoms with E-state index in [1.54, 1.807) is 0 Å². The van der Waals surface area contributed by atoms with E-state index in [2.05, 4.69) is 120 Å². The van der Waals surface area contributed by atoms with Crippen molar-refractivity contribution in [3.05, 3.63) is 126 Å². The van der Waals surface area contributed by atoms with Crippen LogP contribution in [0.5, 0.6) is 0 Å². The molecule has 0 bridgehead atoms. The second-order valence-corrected chi connectivity index (χ2v) is 9.30. The van der Waals surface area contributed by atoms with Crippen molar-refractivity contribution >= 4 is 43.4 Å². The van der Waals surface area contributed by atoms with Crippen molar-refractivity contribution in [2.24, 2.45) is 0 Å². The maximum atomic E-state index is 2.42. The first-order valence-electron chi connectivity index (χ1n) is 11.9. The summed E-state index contributed by atoms with van der Waals surface area (Å²) < 4.78 is 2.42. The lowest BCUT2D eigenvalue weighted by Gasteiger charge is -2.13. The van der Waals surface area contributed by atoms with E-state index in [0.29, 0.717) is 0 Å². The molecule has 1 heterocycles. The molecule has 0 unspecified atom stereocenters. The van der Waals surface area contributed by atoms with Crippen molar-refractivity contribution in [1.82, 2.24) is 4.57 Å². The highest BCUT2D eigenvalue weighted by molar-refractivity contribution is 6.24. The predicted molar refractivity (Wildman–Crippen MR) is 144 cm³/mol. The third kappa shape index (κ3) is 2.24. The fraction of sp³-hybridized carbons (Fsp3) is 0.0303. The van der Waals surface area contributed by atoms with Gasteiger partial charge in [0.25, 0.3) is 0 Å². The van der Waals surface area contributed by atoms with E-state index in [-0.39, 0.29) is 0 Å². The van der Waals surface area contributed by atoms with E-state index in [1.165, 1.54) is 71.3 Å². The molecular weight excluding hydrogens is 410 g/mol. The highest BCUT2D eigenvalue weighted by Gasteiger charge is 2.28. The second kappa shape index (κ2) is 6.59. The van der Waals surface area contributed by atoms with Crippen molar-refractivity contribution < 1.29 is 0 Å². The van der Waals surface area contributed by atoms with Gasteiger partial charge >= 0.3 is 0 Å². The summed E-state index contributed by atoms with van der Waals surface area (Å²) in [5.74, 6) is 0. The molecule has 8 rings (SSSR count). The first-order chi connectivity index (χ1) is 16.9. The molecule has 6 aromatic carbocycles. The minimum atomic E-state index is 0.983. The van der Waals surface area contributed by atoms with Crippen molar-refractivity contribution in [3.63, 3.8) is 0 Å². The molecule has 1 aliphatic rings. The van der Waals surface area contributed by atoms with Gasteiger partial charge in [0.1, 0.15) is 0 Å². The van der Waals surface area contributed by atoms with Crippen LogP contribution in [0.4, 0.5) is 0 Å². The zero-order chi connectivity index (χ0) is 22.2. The second-order valence-electron chi connectivity index (χ2n) is 9.30. The molecule has 0 saturated carbocycles. The number of aromatic nitrogens is 1. The lowest BCUT2D eigenvalue weighted by atomic mass is 9.90. The number of benzene rings is 6. The molecule has 0 atom stereocenters. The van der Waals surface area contributed by atoms with Gasteiger partial charge in [-0.05, 0) is 74.5 Å². The van der Waals surface area contributed by atoms with Crippen LogP contribution in [0.3, 0.4) is 0 Å². The minimum absolute atomic E-state index is 0.983. The summed E-state index contributed by atoms with van der Waals surface area (Å²) in [6.07, 6.45) is 0.983. The Labute approximate surface area is 197 Å². The number of para-hydroxylation sites is 2. The largest absolute Gasteiger partial charge is 0.309 e. The number of hydrogen-bond donors (Lipinski definition) is 0. The van der Waals surface area contributed by atoms with Gasteiger partial charge in [0, 0.05) is 16.5 Å². The summed E-state index contributed by atoms with van der Waals surface area (Å²) in [6.45, 7) is 0. The molecule has 0 aliphatic heterocycles. The van der Waals surface area contributed by atoms with Crippen LogP contribution in [0.15, 0.2) is 115 Å². The average Bonchev–Trinajstić information content (AvgIpc) is 3.46. The molecule has 1 heteroatoms. The fourth-order valence-electron chi connectivity index (χ4n) is 6.27. The zero-order valence-corrected chi connectivity index (χ0v) is 18.6. The third-order valence-electron chi connectivity index (χ3n) is 7.60. The molecule has 158 valence electrons. The molecular formula is C33H21N. The Morgan fingerprint density at radius 1 is 0.441 bits per heavy atom.